The molecule has 0 fully saturated rings. The summed E-state index contributed by atoms with van der Waals surface area (Å²) in [5, 5.41) is 23.3. The van der Waals surface area contributed by atoms with E-state index in [1.165, 1.54) is 7.05 Å². The molecule has 0 aliphatic carbocycles. The predicted molar refractivity (Wildman–Crippen MR) is 62.8 cm³/mol. The van der Waals surface area contributed by atoms with Crippen molar-refractivity contribution in [3.63, 3.8) is 0 Å². The molecule has 0 aromatic heterocycles. The number of aliphatic hydroxyl groups is 1. The summed E-state index contributed by atoms with van der Waals surface area (Å²) in [5.74, 6) is -2.28. The number of hydrogen-bond donors (Lipinski definition) is 2. The van der Waals surface area contributed by atoms with Gasteiger partial charge >= 0.3 is 5.97 Å². The van der Waals surface area contributed by atoms with E-state index in [1.54, 1.807) is 30.3 Å². The monoisotopic (exact) mass is 249 g/mol. The third-order valence-corrected chi connectivity index (χ3v) is 2.48. The molecule has 94 valence electrons. The Balaban J connectivity index is 2.45. The van der Waals surface area contributed by atoms with Crippen LogP contribution in [0.5, 0.6) is 0 Å². The van der Waals surface area contributed by atoms with Gasteiger partial charge in [0.1, 0.15) is 0 Å². The zero-order valence-corrected chi connectivity index (χ0v) is 9.52. The van der Waals surface area contributed by atoms with Crippen LogP contribution in [0.1, 0.15) is 0 Å². The third-order valence-electron chi connectivity index (χ3n) is 2.48. The summed E-state index contributed by atoms with van der Waals surface area (Å²) in [6.07, 6.45) is -1.33. The van der Waals surface area contributed by atoms with Crippen molar-refractivity contribution in [2.24, 2.45) is 5.10 Å². The Bertz CT molecular complexity index is 514. The number of benzene rings is 1. The molecule has 1 aromatic rings. The first-order chi connectivity index (χ1) is 8.52. The maximum absolute atomic E-state index is 12.0. The van der Waals surface area contributed by atoms with Crippen LogP contribution in [-0.4, -0.2) is 46.2 Å². The Labute approximate surface area is 103 Å². The number of hydrogen-bond acceptors (Lipinski definition) is 5. The molecule has 1 aliphatic heterocycles. The van der Waals surface area contributed by atoms with Crippen LogP contribution in [0.3, 0.4) is 0 Å². The lowest BCUT2D eigenvalue weighted by Gasteiger charge is -2.35. The molecule has 0 bridgehead atoms. The second-order valence-corrected chi connectivity index (χ2v) is 3.68. The minimum atomic E-state index is -1.43. The fraction of sp³-hybridized carbons (Fsp3) is 0.182. The van der Waals surface area contributed by atoms with E-state index in [0.29, 0.717) is 5.69 Å². The van der Waals surface area contributed by atoms with Crippen LogP contribution >= 0.6 is 0 Å². The number of anilines is 1. The lowest BCUT2D eigenvalue weighted by atomic mass is 10.2. The minimum absolute atomic E-state index is 0.399. The highest BCUT2D eigenvalue weighted by atomic mass is 16.4. The molecule has 0 spiro atoms. The lowest BCUT2D eigenvalue weighted by molar-refractivity contribution is -0.131. The fourth-order valence-corrected chi connectivity index (χ4v) is 1.61. The molecule has 2 N–H and O–H groups in total. The van der Waals surface area contributed by atoms with E-state index in [9.17, 15) is 14.7 Å². The Morgan fingerprint density at radius 3 is 2.50 bits per heavy atom. The van der Waals surface area contributed by atoms with Gasteiger partial charge in [0.05, 0.1) is 0 Å². The van der Waals surface area contributed by atoms with Crippen LogP contribution in [0, 0.1) is 0 Å². The van der Waals surface area contributed by atoms with Crippen molar-refractivity contribution in [3.8, 4) is 0 Å². The Hall–Kier alpha value is -2.41. The zero-order valence-electron chi connectivity index (χ0n) is 9.52. The van der Waals surface area contributed by atoms with E-state index in [2.05, 4.69) is 5.10 Å². The summed E-state index contributed by atoms with van der Waals surface area (Å²) in [5.41, 5.74) is -0.234. The second kappa shape index (κ2) is 4.46. The molecule has 7 heteroatoms. The number of aliphatic carboxylic acids is 1. The first kappa shape index (κ1) is 12.1. The van der Waals surface area contributed by atoms with Gasteiger partial charge in [0.25, 0.3) is 5.91 Å². The van der Waals surface area contributed by atoms with Crippen LogP contribution in [0.25, 0.3) is 0 Å². The van der Waals surface area contributed by atoms with Gasteiger partial charge in [0.2, 0.25) is 12.1 Å². The lowest BCUT2D eigenvalue weighted by Crippen LogP contribution is -2.56. The van der Waals surface area contributed by atoms with Crippen LogP contribution in [0.4, 0.5) is 5.69 Å². The first-order valence-corrected chi connectivity index (χ1v) is 5.14. The van der Waals surface area contributed by atoms with Crippen LogP contribution < -0.4 is 4.90 Å². The van der Waals surface area contributed by atoms with Gasteiger partial charge in [-0.1, -0.05) is 18.2 Å². The second-order valence-electron chi connectivity index (χ2n) is 3.68. The van der Waals surface area contributed by atoms with E-state index >= 15 is 0 Å². The molecular formula is C11H11N3O4. The standard InChI is InChI=1S/C11H11N3O4/c1-13-11(18)14(7-5-3-2-4-6-7)9(15)8(12-13)10(16)17/h2-6,11,18H,1H3,(H,16,17). The molecule has 7 nitrogen and oxygen atoms in total. The molecule has 1 amide bonds. The Kier molecular flexibility index (Phi) is 2.99. The number of hydrazone groups is 1. The Morgan fingerprint density at radius 2 is 1.94 bits per heavy atom. The molecular weight excluding hydrogens is 238 g/mol. The number of para-hydroxylation sites is 1. The maximum atomic E-state index is 12.0. The molecule has 1 unspecified atom stereocenters. The molecule has 0 saturated heterocycles. The van der Waals surface area contributed by atoms with Gasteiger partial charge in [-0.15, -0.1) is 0 Å². The smallest absolute Gasteiger partial charge is 0.362 e. The van der Waals surface area contributed by atoms with Gasteiger partial charge in [-0.3, -0.25) is 14.7 Å². The van der Waals surface area contributed by atoms with Crippen molar-refractivity contribution in [1.82, 2.24) is 5.01 Å². The molecule has 18 heavy (non-hydrogen) atoms. The van der Waals surface area contributed by atoms with Gasteiger partial charge < -0.3 is 10.2 Å². The molecule has 2 rings (SSSR count). The first-order valence-electron chi connectivity index (χ1n) is 5.14. The number of carboxylic acids is 1. The summed E-state index contributed by atoms with van der Waals surface area (Å²) < 4.78 is 0. The minimum Gasteiger partial charge on any atom is -0.476 e. The summed E-state index contributed by atoms with van der Waals surface area (Å²) in [4.78, 5) is 23.8. The highest BCUT2D eigenvalue weighted by Gasteiger charge is 2.37. The highest BCUT2D eigenvalue weighted by Crippen LogP contribution is 2.20. The largest absolute Gasteiger partial charge is 0.476 e. The van der Waals surface area contributed by atoms with E-state index in [0.717, 1.165) is 9.91 Å². The zero-order chi connectivity index (χ0) is 13.3. The number of amides is 1. The highest BCUT2D eigenvalue weighted by molar-refractivity contribution is 6.66. The number of carbonyl (C=O) groups is 2. The predicted octanol–water partition coefficient (Wildman–Crippen LogP) is -0.319. The van der Waals surface area contributed by atoms with Crippen molar-refractivity contribution in [3.05, 3.63) is 30.3 Å². The van der Waals surface area contributed by atoms with Crippen LogP contribution in [-0.2, 0) is 9.59 Å². The van der Waals surface area contributed by atoms with E-state index < -0.39 is 23.9 Å². The quantitative estimate of drug-likeness (QED) is 0.749. The van der Waals surface area contributed by atoms with Crippen molar-refractivity contribution >= 4 is 23.3 Å². The van der Waals surface area contributed by atoms with E-state index in [4.69, 9.17) is 5.11 Å². The van der Waals surface area contributed by atoms with Crippen molar-refractivity contribution in [2.45, 2.75) is 6.35 Å². The molecule has 1 heterocycles. The van der Waals surface area contributed by atoms with Gasteiger partial charge in [-0.05, 0) is 12.1 Å². The molecule has 0 radical (unpaired) electrons. The summed E-state index contributed by atoms with van der Waals surface area (Å²) in [6.45, 7) is 0. The number of carbonyl (C=O) groups excluding carboxylic acids is 1. The number of carboxylic acid groups (broad SMARTS) is 1. The summed E-state index contributed by atoms with van der Waals surface area (Å²) in [6, 6.07) is 8.31. The third kappa shape index (κ3) is 1.91. The molecule has 1 aromatic carbocycles. The summed E-state index contributed by atoms with van der Waals surface area (Å²) in [7, 11) is 1.38. The normalized spacial score (nSPS) is 19.8. The van der Waals surface area contributed by atoms with Crippen molar-refractivity contribution < 1.29 is 19.8 Å². The number of rotatable bonds is 2. The van der Waals surface area contributed by atoms with Crippen molar-refractivity contribution in [2.75, 3.05) is 11.9 Å². The SMILES string of the molecule is CN1N=C(C(=O)O)C(=O)N(c2ccccc2)C1O. The molecule has 1 aliphatic rings. The number of nitrogens with zero attached hydrogens (tertiary/aromatic N) is 3. The average Bonchev–Trinajstić information content (AvgIpc) is 2.35. The van der Waals surface area contributed by atoms with Crippen LogP contribution in [0.15, 0.2) is 35.4 Å². The maximum Gasteiger partial charge on any atom is 0.362 e. The van der Waals surface area contributed by atoms with Crippen LogP contribution in [0.2, 0.25) is 0 Å². The average molecular weight is 249 g/mol. The molecule has 0 saturated carbocycles. The molecule has 1 atom stereocenters. The van der Waals surface area contributed by atoms with Gasteiger partial charge in [-0.2, -0.15) is 5.10 Å². The van der Waals surface area contributed by atoms with E-state index in [1.807, 2.05) is 0 Å². The Morgan fingerprint density at radius 1 is 1.33 bits per heavy atom. The number of aliphatic hydroxyl groups excluding tert-OH is 1. The van der Waals surface area contributed by atoms with Gasteiger partial charge in [0.15, 0.2) is 0 Å². The summed E-state index contributed by atoms with van der Waals surface area (Å²) >= 11 is 0. The topological polar surface area (TPSA) is 93.4 Å². The van der Waals surface area contributed by atoms with E-state index in [-0.39, 0.29) is 0 Å². The fourth-order valence-electron chi connectivity index (χ4n) is 1.61. The van der Waals surface area contributed by atoms with Gasteiger partial charge in [-0.25, -0.2) is 4.79 Å². The van der Waals surface area contributed by atoms with Gasteiger partial charge in [0, 0.05) is 12.7 Å². The van der Waals surface area contributed by atoms with Crippen molar-refractivity contribution in [1.29, 1.82) is 0 Å².